The molecule has 0 bridgehead atoms. The van der Waals surface area contributed by atoms with Crippen molar-refractivity contribution in [1.82, 2.24) is 15.1 Å². The van der Waals surface area contributed by atoms with Crippen molar-refractivity contribution in [1.29, 1.82) is 0 Å². The van der Waals surface area contributed by atoms with E-state index in [0.29, 0.717) is 19.0 Å². The molecule has 1 aromatic rings. The van der Waals surface area contributed by atoms with Crippen LogP contribution in [0.1, 0.15) is 12.5 Å². The van der Waals surface area contributed by atoms with Gasteiger partial charge in [-0.1, -0.05) is 6.08 Å². The van der Waals surface area contributed by atoms with Gasteiger partial charge in [0.2, 0.25) is 0 Å². The van der Waals surface area contributed by atoms with Gasteiger partial charge in [-0.05, 0) is 6.92 Å². The Morgan fingerprint density at radius 2 is 2.50 bits per heavy atom. The quantitative estimate of drug-likeness (QED) is 0.367. The molecule has 0 fully saturated rings. The molecule has 1 aromatic heterocycles. The van der Waals surface area contributed by atoms with Gasteiger partial charge in [0.25, 0.3) is 0 Å². The normalized spacial score (nSPS) is 10.7. The summed E-state index contributed by atoms with van der Waals surface area (Å²) in [5.74, 6) is 0.430. The lowest BCUT2D eigenvalue weighted by Crippen LogP contribution is -2.31. The molecule has 0 atom stereocenters. The summed E-state index contributed by atoms with van der Waals surface area (Å²) in [5, 5.41) is 7.05. The highest BCUT2D eigenvalue weighted by molar-refractivity contribution is 14.0. The molecule has 0 unspecified atom stereocenters. The lowest BCUT2D eigenvalue weighted by atomic mass is 10.4. The Hall–Kier alpha value is -1.05. The maximum absolute atomic E-state index is 5.61. The molecule has 6 heteroatoms. The van der Waals surface area contributed by atoms with Crippen molar-refractivity contribution in [2.45, 2.75) is 20.0 Å². The fourth-order valence-electron chi connectivity index (χ4n) is 1.07. The SMILES string of the molecule is C=CCNC(N)=NCc1cnn(CC)c1.I. The first-order valence-electron chi connectivity index (χ1n) is 4.92. The molecule has 3 N–H and O–H groups in total. The molecule has 16 heavy (non-hydrogen) atoms. The zero-order chi connectivity index (χ0) is 11.1. The largest absolute Gasteiger partial charge is 0.370 e. The smallest absolute Gasteiger partial charge is 0.189 e. The van der Waals surface area contributed by atoms with Crippen LogP contribution in [0, 0.1) is 0 Å². The van der Waals surface area contributed by atoms with Gasteiger partial charge in [-0.2, -0.15) is 5.10 Å². The average Bonchev–Trinajstić information content (AvgIpc) is 2.71. The van der Waals surface area contributed by atoms with Gasteiger partial charge in [-0.3, -0.25) is 4.68 Å². The zero-order valence-electron chi connectivity index (χ0n) is 9.39. The highest BCUT2D eigenvalue weighted by atomic mass is 127. The molecule has 0 aromatic carbocycles. The van der Waals surface area contributed by atoms with E-state index in [2.05, 4.69) is 22.0 Å². The molecule has 0 spiro atoms. The third kappa shape index (κ3) is 5.15. The fourth-order valence-corrected chi connectivity index (χ4v) is 1.07. The van der Waals surface area contributed by atoms with Crippen LogP contribution in [0.4, 0.5) is 0 Å². The van der Waals surface area contributed by atoms with E-state index in [1.807, 2.05) is 17.8 Å². The fraction of sp³-hybridized carbons (Fsp3) is 0.400. The van der Waals surface area contributed by atoms with Gasteiger partial charge in [0.1, 0.15) is 0 Å². The van der Waals surface area contributed by atoms with Crippen LogP contribution >= 0.6 is 24.0 Å². The van der Waals surface area contributed by atoms with Gasteiger partial charge in [0.05, 0.1) is 12.7 Å². The molecule has 0 aliphatic carbocycles. The van der Waals surface area contributed by atoms with Crippen LogP contribution in [-0.2, 0) is 13.1 Å². The summed E-state index contributed by atoms with van der Waals surface area (Å²) in [6, 6.07) is 0. The van der Waals surface area contributed by atoms with E-state index >= 15 is 0 Å². The van der Waals surface area contributed by atoms with Gasteiger partial charge in [0.15, 0.2) is 5.96 Å². The highest BCUT2D eigenvalue weighted by Gasteiger charge is 1.96. The number of aliphatic imine (C=N–C) groups is 1. The van der Waals surface area contributed by atoms with E-state index in [0.717, 1.165) is 12.1 Å². The molecule has 1 heterocycles. The van der Waals surface area contributed by atoms with Crippen LogP contribution in [0.3, 0.4) is 0 Å². The molecule has 1 rings (SSSR count). The summed E-state index contributed by atoms with van der Waals surface area (Å²) in [6.07, 6.45) is 5.50. The van der Waals surface area contributed by atoms with Gasteiger partial charge in [-0.15, -0.1) is 30.6 Å². The molecule has 0 saturated carbocycles. The van der Waals surface area contributed by atoms with Crippen molar-refractivity contribution < 1.29 is 0 Å². The molecule has 0 aliphatic rings. The van der Waals surface area contributed by atoms with Crippen molar-refractivity contribution >= 4 is 29.9 Å². The molecule has 0 saturated heterocycles. The number of nitrogens with two attached hydrogens (primary N) is 1. The van der Waals surface area contributed by atoms with Crippen molar-refractivity contribution in [3.8, 4) is 0 Å². The maximum atomic E-state index is 5.61. The number of aryl methyl sites for hydroxylation is 1. The van der Waals surface area contributed by atoms with Gasteiger partial charge in [-0.25, -0.2) is 4.99 Å². The van der Waals surface area contributed by atoms with Crippen molar-refractivity contribution in [3.63, 3.8) is 0 Å². The lowest BCUT2D eigenvalue weighted by molar-refractivity contribution is 0.659. The predicted octanol–water partition coefficient (Wildman–Crippen LogP) is 1.11. The van der Waals surface area contributed by atoms with Crippen LogP contribution in [0.2, 0.25) is 0 Å². The van der Waals surface area contributed by atoms with Gasteiger partial charge < -0.3 is 11.1 Å². The van der Waals surface area contributed by atoms with E-state index in [1.165, 1.54) is 0 Å². The van der Waals surface area contributed by atoms with Crippen LogP contribution in [-0.4, -0.2) is 22.3 Å². The first-order chi connectivity index (χ1) is 7.26. The Labute approximate surface area is 113 Å². The van der Waals surface area contributed by atoms with Crippen LogP contribution in [0.25, 0.3) is 0 Å². The first-order valence-corrected chi connectivity index (χ1v) is 4.92. The minimum Gasteiger partial charge on any atom is -0.370 e. The molecule has 0 radical (unpaired) electrons. The highest BCUT2D eigenvalue weighted by Crippen LogP contribution is 1.99. The zero-order valence-corrected chi connectivity index (χ0v) is 11.7. The number of hydrogen-bond acceptors (Lipinski definition) is 2. The summed E-state index contributed by atoms with van der Waals surface area (Å²) in [5.41, 5.74) is 6.67. The van der Waals surface area contributed by atoms with Gasteiger partial charge in [0, 0.05) is 24.8 Å². The summed E-state index contributed by atoms with van der Waals surface area (Å²) in [7, 11) is 0. The monoisotopic (exact) mass is 335 g/mol. The Morgan fingerprint density at radius 1 is 1.75 bits per heavy atom. The summed E-state index contributed by atoms with van der Waals surface area (Å²) >= 11 is 0. The number of hydrogen-bond donors (Lipinski definition) is 2. The Morgan fingerprint density at radius 3 is 3.06 bits per heavy atom. The standard InChI is InChI=1S/C10H17N5.HI/c1-3-5-12-10(11)13-6-9-7-14-15(4-2)8-9;/h3,7-8H,1,4-6H2,2H3,(H3,11,12,13);1H. The second kappa shape index (κ2) is 8.14. The second-order valence-electron chi connectivity index (χ2n) is 3.08. The van der Waals surface area contributed by atoms with E-state index in [1.54, 1.807) is 12.3 Å². The maximum Gasteiger partial charge on any atom is 0.189 e. The Balaban J connectivity index is 0.00000225. The van der Waals surface area contributed by atoms with E-state index in [4.69, 9.17) is 5.73 Å². The Bertz CT molecular complexity index is 345. The van der Waals surface area contributed by atoms with Crippen molar-refractivity contribution in [3.05, 3.63) is 30.6 Å². The molecule has 90 valence electrons. The Kier molecular flexibility index (Phi) is 7.61. The number of nitrogens with one attached hydrogen (secondary N) is 1. The van der Waals surface area contributed by atoms with E-state index < -0.39 is 0 Å². The predicted molar refractivity (Wildman–Crippen MR) is 76.8 cm³/mol. The number of aromatic nitrogens is 2. The molecule has 0 amide bonds. The molecular formula is C10H18IN5. The van der Waals surface area contributed by atoms with Gasteiger partial charge >= 0.3 is 0 Å². The minimum atomic E-state index is 0. The molecular weight excluding hydrogens is 317 g/mol. The average molecular weight is 335 g/mol. The van der Waals surface area contributed by atoms with E-state index in [9.17, 15) is 0 Å². The third-order valence-corrected chi connectivity index (χ3v) is 1.87. The first kappa shape index (κ1) is 14.9. The summed E-state index contributed by atoms with van der Waals surface area (Å²) < 4.78 is 1.86. The number of halogens is 1. The minimum absolute atomic E-state index is 0. The van der Waals surface area contributed by atoms with E-state index in [-0.39, 0.29) is 24.0 Å². The third-order valence-electron chi connectivity index (χ3n) is 1.87. The number of rotatable bonds is 5. The second-order valence-corrected chi connectivity index (χ2v) is 3.08. The lowest BCUT2D eigenvalue weighted by Gasteiger charge is -2.00. The summed E-state index contributed by atoms with van der Waals surface area (Å²) in [6.45, 7) is 7.67. The van der Waals surface area contributed by atoms with Crippen molar-refractivity contribution in [2.24, 2.45) is 10.7 Å². The summed E-state index contributed by atoms with van der Waals surface area (Å²) in [4.78, 5) is 4.16. The topological polar surface area (TPSA) is 68.2 Å². The van der Waals surface area contributed by atoms with Crippen LogP contribution in [0.5, 0.6) is 0 Å². The molecule has 5 nitrogen and oxygen atoms in total. The number of guanidine groups is 1. The van der Waals surface area contributed by atoms with Crippen molar-refractivity contribution in [2.75, 3.05) is 6.54 Å². The number of nitrogens with zero attached hydrogens (tertiary/aromatic N) is 3. The molecule has 0 aliphatic heterocycles. The van der Waals surface area contributed by atoms with Crippen LogP contribution in [0.15, 0.2) is 30.0 Å². The van der Waals surface area contributed by atoms with Crippen LogP contribution < -0.4 is 11.1 Å².